The van der Waals surface area contributed by atoms with Crippen molar-refractivity contribution in [2.24, 2.45) is 5.92 Å². The normalized spacial score (nSPS) is 30.0. The number of carbonyl (C=O) groups is 2. The molecule has 2 fully saturated rings. The van der Waals surface area contributed by atoms with Gasteiger partial charge < -0.3 is 40.1 Å². The second-order valence-electron chi connectivity index (χ2n) is 12.7. The Kier molecular flexibility index (Phi) is 9.36. The molecule has 0 aromatic heterocycles. The van der Waals surface area contributed by atoms with E-state index in [9.17, 15) is 40.2 Å². The highest BCUT2D eigenvalue weighted by molar-refractivity contribution is 6.31. The van der Waals surface area contributed by atoms with Crippen LogP contribution in [0.15, 0.2) is 18.2 Å². The average molecular weight is 614 g/mol. The number of piperidine rings is 1. The molecule has 6 atom stereocenters. The van der Waals surface area contributed by atoms with Crippen LogP contribution in [-0.2, 0) is 17.6 Å². The molecule has 5 unspecified atom stereocenters. The number of ether oxygens (including phenoxy) is 2. The number of carbonyl (C=O) groups excluding carboxylic acids is 2. The molecule has 1 saturated carbocycles. The molecule has 6 rings (SSSR count). The summed E-state index contributed by atoms with van der Waals surface area (Å²) in [4.78, 5) is 28.4. The molecule has 3 aliphatic carbocycles. The van der Waals surface area contributed by atoms with Crippen LogP contribution in [0.2, 0.25) is 0 Å². The predicted molar refractivity (Wildman–Crippen MR) is 159 cm³/mol. The lowest BCUT2D eigenvalue weighted by molar-refractivity contribution is -0.0782. The van der Waals surface area contributed by atoms with Crippen LogP contribution in [-0.4, -0.2) is 111 Å². The highest BCUT2D eigenvalue weighted by Crippen LogP contribution is 2.48. The molecular weight excluding hydrogens is 570 g/mol. The number of methoxy groups -OCH3 is 2. The lowest BCUT2D eigenvalue weighted by Gasteiger charge is -2.45. The summed E-state index contributed by atoms with van der Waals surface area (Å²) in [5.41, 5.74) is -1.36. The van der Waals surface area contributed by atoms with Gasteiger partial charge in [-0.2, -0.15) is 0 Å². The molecule has 11 heteroatoms. The molecule has 0 amide bonds. The Hall–Kier alpha value is -3.06. The molecule has 1 saturated heterocycles. The van der Waals surface area contributed by atoms with E-state index in [2.05, 4.69) is 4.90 Å². The molecule has 44 heavy (non-hydrogen) atoms. The van der Waals surface area contributed by atoms with Gasteiger partial charge in [-0.1, -0.05) is 19.1 Å². The second kappa shape index (κ2) is 12.7. The van der Waals surface area contributed by atoms with Gasteiger partial charge in [-0.3, -0.25) is 14.5 Å². The van der Waals surface area contributed by atoms with Gasteiger partial charge in [0.05, 0.1) is 54.3 Å². The van der Waals surface area contributed by atoms with Crippen molar-refractivity contribution in [3.8, 4) is 17.2 Å². The molecule has 6 N–H and O–H groups in total. The van der Waals surface area contributed by atoms with Crippen LogP contribution in [0.1, 0.15) is 82.0 Å². The smallest absolute Gasteiger partial charge is 0.202 e. The number of hydrogen-bond acceptors (Lipinski definition) is 11. The highest BCUT2D eigenvalue weighted by atomic mass is 16.5. The summed E-state index contributed by atoms with van der Waals surface area (Å²) in [7, 11) is 3.13. The fraction of sp³-hybridized carbons (Fsp3) is 0.576. The summed E-state index contributed by atoms with van der Waals surface area (Å²) < 4.78 is 10.6. The Bertz CT molecular complexity index is 1430. The second-order valence-corrected chi connectivity index (χ2v) is 12.7. The summed E-state index contributed by atoms with van der Waals surface area (Å²) >= 11 is 0. The maximum absolute atomic E-state index is 13.1. The quantitative estimate of drug-likeness (QED) is 0.236. The molecule has 1 aliphatic heterocycles. The Morgan fingerprint density at radius 1 is 1.00 bits per heavy atom. The first-order valence-corrected chi connectivity index (χ1v) is 15.3. The molecule has 4 aliphatic rings. The fourth-order valence-corrected chi connectivity index (χ4v) is 7.31. The highest BCUT2D eigenvalue weighted by Gasteiger charge is 2.43. The lowest BCUT2D eigenvalue weighted by Crippen LogP contribution is -2.55. The van der Waals surface area contributed by atoms with Crippen LogP contribution in [0.4, 0.5) is 0 Å². The van der Waals surface area contributed by atoms with Crippen molar-refractivity contribution in [1.82, 2.24) is 4.90 Å². The zero-order chi connectivity index (χ0) is 31.9. The number of aliphatic hydroxyl groups is 4. The molecule has 2 aromatic rings. The average Bonchev–Trinajstić information content (AvgIpc) is 3.03. The number of fused-ring (bicyclic) bond motifs is 3. The Labute approximate surface area is 256 Å². The number of rotatable bonds is 4. The van der Waals surface area contributed by atoms with Crippen LogP contribution < -0.4 is 4.74 Å². The molecule has 2 aromatic carbocycles. The number of phenolic OH excluding ortho intramolecular Hbond substituents is 2. The Morgan fingerprint density at radius 2 is 1.70 bits per heavy atom. The van der Waals surface area contributed by atoms with E-state index in [0.717, 1.165) is 32.4 Å². The van der Waals surface area contributed by atoms with E-state index in [1.807, 2.05) is 6.92 Å². The van der Waals surface area contributed by atoms with Gasteiger partial charge in [-0.25, -0.2) is 0 Å². The Balaban J connectivity index is 0.000000195. The summed E-state index contributed by atoms with van der Waals surface area (Å²) in [5.74, 6) is -1.61. The summed E-state index contributed by atoms with van der Waals surface area (Å²) in [6.07, 6.45) is 3.53. The van der Waals surface area contributed by atoms with Gasteiger partial charge >= 0.3 is 0 Å². The molecule has 240 valence electrons. The first-order chi connectivity index (χ1) is 20.9. The molecule has 0 bridgehead atoms. The van der Waals surface area contributed by atoms with Gasteiger partial charge in [0.2, 0.25) is 5.78 Å². The van der Waals surface area contributed by atoms with E-state index >= 15 is 0 Å². The van der Waals surface area contributed by atoms with Crippen molar-refractivity contribution < 1.29 is 49.7 Å². The van der Waals surface area contributed by atoms with Crippen molar-refractivity contribution >= 4 is 11.6 Å². The third-order valence-electron chi connectivity index (χ3n) is 9.82. The molecule has 1 heterocycles. The van der Waals surface area contributed by atoms with Gasteiger partial charge in [0.1, 0.15) is 17.2 Å². The summed E-state index contributed by atoms with van der Waals surface area (Å²) in [6.45, 7) is 3.41. The van der Waals surface area contributed by atoms with Crippen LogP contribution in [0.3, 0.4) is 0 Å². The van der Waals surface area contributed by atoms with E-state index in [1.54, 1.807) is 19.2 Å². The largest absolute Gasteiger partial charge is 0.507 e. The van der Waals surface area contributed by atoms with Gasteiger partial charge in [0.15, 0.2) is 5.78 Å². The van der Waals surface area contributed by atoms with E-state index in [-0.39, 0.29) is 88.9 Å². The van der Waals surface area contributed by atoms with Crippen molar-refractivity contribution in [1.29, 1.82) is 0 Å². The summed E-state index contributed by atoms with van der Waals surface area (Å²) in [6, 6.07) is 4.67. The maximum atomic E-state index is 13.1. The van der Waals surface area contributed by atoms with E-state index in [0.29, 0.717) is 12.0 Å². The minimum Gasteiger partial charge on any atom is -0.507 e. The zero-order valence-electron chi connectivity index (χ0n) is 25.5. The minimum atomic E-state index is -1.45. The van der Waals surface area contributed by atoms with Crippen LogP contribution in [0, 0.1) is 5.92 Å². The first kappa shape index (κ1) is 32.3. The monoisotopic (exact) mass is 613 g/mol. The van der Waals surface area contributed by atoms with Gasteiger partial charge in [-0.15, -0.1) is 0 Å². The number of aliphatic hydroxyl groups excluding tert-OH is 3. The maximum Gasteiger partial charge on any atom is 0.202 e. The van der Waals surface area contributed by atoms with Crippen molar-refractivity contribution in [2.45, 2.75) is 81.8 Å². The van der Waals surface area contributed by atoms with Crippen molar-refractivity contribution in [3.05, 3.63) is 51.6 Å². The first-order valence-electron chi connectivity index (χ1n) is 15.3. The third-order valence-corrected chi connectivity index (χ3v) is 9.82. The van der Waals surface area contributed by atoms with Crippen molar-refractivity contribution in [2.75, 3.05) is 33.9 Å². The number of likely N-dealkylation sites (tertiary alicyclic amines) is 1. The number of benzene rings is 2. The van der Waals surface area contributed by atoms with Crippen LogP contribution in [0.5, 0.6) is 17.2 Å². The third kappa shape index (κ3) is 5.73. The van der Waals surface area contributed by atoms with Gasteiger partial charge in [-0.05, 0) is 57.1 Å². The van der Waals surface area contributed by atoms with Crippen LogP contribution in [0.25, 0.3) is 0 Å². The van der Waals surface area contributed by atoms with Crippen LogP contribution >= 0.6 is 0 Å². The van der Waals surface area contributed by atoms with E-state index < -0.39 is 29.5 Å². The number of nitrogens with zero attached hydrogens (tertiary/aromatic N) is 1. The molecular formula is C33H43NO10. The predicted octanol–water partition coefficient (Wildman–Crippen LogP) is 1.71. The molecule has 0 radical (unpaired) electrons. The molecule has 0 spiro atoms. The number of ketones is 2. The standard InChI is InChI=1S/C20H18O7.C13H25NO3/c1-27-12-4-2-3-10-13(12)19(25)15-14(17(10)23)18(24)11-7-20(26,8-21)6-5-9(11)16(15)22;1-9-6-10(15)7-12(13(9)16)14-5-3-4-11(8-14)17-2/h2-4,21-22,24,26H,5-8H2,1H3;9-13,15-16H,3-8H2,1-2H3/t20-;/m0./s1. The topological polar surface area (TPSA) is 177 Å². The summed E-state index contributed by atoms with van der Waals surface area (Å²) in [5, 5.41) is 61.5. The lowest BCUT2D eigenvalue weighted by atomic mass is 9.74. The van der Waals surface area contributed by atoms with Gasteiger partial charge in [0.25, 0.3) is 0 Å². The van der Waals surface area contributed by atoms with E-state index in [1.165, 1.54) is 13.2 Å². The fourth-order valence-electron chi connectivity index (χ4n) is 7.31. The zero-order valence-corrected chi connectivity index (χ0v) is 25.5. The number of hydrogen-bond donors (Lipinski definition) is 6. The minimum absolute atomic E-state index is 0.0508. The van der Waals surface area contributed by atoms with Crippen molar-refractivity contribution in [3.63, 3.8) is 0 Å². The number of phenols is 2. The van der Waals surface area contributed by atoms with E-state index in [4.69, 9.17) is 9.47 Å². The Morgan fingerprint density at radius 3 is 2.39 bits per heavy atom. The number of aromatic hydroxyl groups is 2. The SMILES string of the molecule is COC1CCCN(C2CC(O)CC(C)C2O)C1.COc1cccc2c1C(=O)c1c(O)c3c(c(O)c1C2=O)C[C@](O)(CO)CC3. The molecule has 11 nitrogen and oxygen atoms in total. The van der Waals surface area contributed by atoms with Gasteiger partial charge in [0, 0.05) is 42.8 Å².